The molecule has 0 saturated carbocycles. The highest BCUT2D eigenvalue weighted by atomic mass is 127. The molecular weight excluding hydrogens is 529 g/mol. The van der Waals surface area contributed by atoms with Gasteiger partial charge in [0.15, 0.2) is 11.5 Å². The van der Waals surface area contributed by atoms with Crippen LogP contribution in [0.5, 0.6) is 11.5 Å². The molecule has 0 radical (unpaired) electrons. The minimum absolute atomic E-state index is 0.317. The van der Waals surface area contributed by atoms with Gasteiger partial charge in [-0.25, -0.2) is 5.43 Å². The normalized spacial score (nSPS) is 10.8. The summed E-state index contributed by atoms with van der Waals surface area (Å²) >= 11 is 8.40. The van der Waals surface area contributed by atoms with Gasteiger partial charge in [0.25, 0.3) is 5.91 Å². The molecule has 1 amide bonds. The van der Waals surface area contributed by atoms with Crippen molar-refractivity contribution in [3.63, 3.8) is 0 Å². The molecule has 0 aliphatic heterocycles. The third-order valence-corrected chi connectivity index (χ3v) is 5.42. The number of hydrogen-bond donors (Lipinski definition) is 2. The molecular formula is C23H21ClIN3O3. The predicted molar refractivity (Wildman–Crippen MR) is 132 cm³/mol. The number of para-hydroxylation sites is 1. The topological polar surface area (TPSA) is 85.9 Å². The van der Waals surface area contributed by atoms with E-state index in [-0.39, 0.29) is 5.91 Å². The fourth-order valence-corrected chi connectivity index (χ4v) is 3.73. The lowest BCUT2D eigenvalue weighted by molar-refractivity contribution is 0.0956. The molecule has 0 aliphatic rings. The lowest BCUT2D eigenvalue weighted by Gasteiger charge is -2.15. The van der Waals surface area contributed by atoms with Crippen molar-refractivity contribution in [1.82, 2.24) is 5.43 Å². The fourth-order valence-electron chi connectivity index (χ4n) is 2.76. The fraction of sp³-hybridized carbons (Fsp3) is 0.130. The number of halogens is 2. The number of nitrogens with zero attached hydrogens (tertiary/aromatic N) is 1. The maximum absolute atomic E-state index is 12.2. The second-order valence-electron chi connectivity index (χ2n) is 6.43. The van der Waals surface area contributed by atoms with Crippen molar-refractivity contribution >= 4 is 52.0 Å². The molecule has 3 aromatic carbocycles. The number of benzene rings is 3. The van der Waals surface area contributed by atoms with Crippen molar-refractivity contribution in [3.8, 4) is 11.5 Å². The molecule has 0 aliphatic carbocycles. The molecule has 3 aromatic rings. The molecule has 3 rings (SSSR count). The van der Waals surface area contributed by atoms with E-state index in [1.165, 1.54) is 0 Å². The van der Waals surface area contributed by atoms with Gasteiger partial charge in [0.1, 0.15) is 6.61 Å². The Morgan fingerprint density at radius 2 is 1.90 bits per heavy atom. The van der Waals surface area contributed by atoms with Gasteiger partial charge in [0.2, 0.25) is 0 Å². The summed E-state index contributed by atoms with van der Waals surface area (Å²) in [5, 5.41) is 4.69. The van der Waals surface area contributed by atoms with Crippen molar-refractivity contribution in [2.75, 3.05) is 12.3 Å². The Kier molecular flexibility index (Phi) is 8.13. The molecule has 0 bridgehead atoms. The number of ether oxygens (including phenoxy) is 2. The molecule has 0 heterocycles. The maximum atomic E-state index is 12.2. The molecule has 3 N–H and O–H groups in total. The van der Waals surface area contributed by atoms with E-state index in [2.05, 4.69) is 33.1 Å². The van der Waals surface area contributed by atoms with Gasteiger partial charge in [-0.2, -0.15) is 5.10 Å². The first-order valence-electron chi connectivity index (χ1n) is 9.50. The first kappa shape index (κ1) is 22.9. The van der Waals surface area contributed by atoms with E-state index in [4.69, 9.17) is 26.8 Å². The number of carbonyl (C=O) groups is 1. The van der Waals surface area contributed by atoms with Gasteiger partial charge in [-0.05, 0) is 65.4 Å². The number of hydrazone groups is 1. The van der Waals surface area contributed by atoms with E-state index in [0.29, 0.717) is 41.0 Å². The first-order valence-corrected chi connectivity index (χ1v) is 11.0. The van der Waals surface area contributed by atoms with Crippen LogP contribution in [0.15, 0.2) is 65.8 Å². The van der Waals surface area contributed by atoms with Crippen LogP contribution in [0, 0.1) is 3.57 Å². The lowest BCUT2D eigenvalue weighted by Crippen LogP contribution is -2.19. The molecule has 31 heavy (non-hydrogen) atoms. The van der Waals surface area contributed by atoms with Gasteiger partial charge in [-0.15, -0.1) is 0 Å². The van der Waals surface area contributed by atoms with E-state index in [9.17, 15) is 4.79 Å². The molecule has 8 heteroatoms. The number of anilines is 1. The van der Waals surface area contributed by atoms with E-state index in [1.54, 1.807) is 36.5 Å². The molecule has 6 nitrogen and oxygen atoms in total. The van der Waals surface area contributed by atoms with Gasteiger partial charge in [0, 0.05) is 16.3 Å². The van der Waals surface area contributed by atoms with Crippen LogP contribution in [0.25, 0.3) is 0 Å². The number of nitrogens with one attached hydrogen (secondary N) is 1. The number of hydrogen-bond acceptors (Lipinski definition) is 5. The number of rotatable bonds is 8. The van der Waals surface area contributed by atoms with E-state index in [0.717, 1.165) is 14.7 Å². The summed E-state index contributed by atoms with van der Waals surface area (Å²) in [6.45, 7) is 2.69. The van der Waals surface area contributed by atoms with Gasteiger partial charge in [-0.3, -0.25) is 4.79 Å². The minimum Gasteiger partial charge on any atom is -0.490 e. The van der Waals surface area contributed by atoms with Crippen LogP contribution in [-0.4, -0.2) is 18.7 Å². The monoisotopic (exact) mass is 549 g/mol. The highest BCUT2D eigenvalue weighted by Gasteiger charge is 2.13. The summed E-state index contributed by atoms with van der Waals surface area (Å²) in [7, 11) is 0. The zero-order chi connectivity index (χ0) is 22.2. The van der Waals surface area contributed by atoms with Crippen LogP contribution in [-0.2, 0) is 6.61 Å². The Balaban J connectivity index is 1.74. The molecule has 0 spiro atoms. The zero-order valence-corrected chi connectivity index (χ0v) is 19.7. The average Bonchev–Trinajstić information content (AvgIpc) is 2.75. The SMILES string of the molecule is CCOc1cc(/C=N/NC(=O)c2ccccc2N)cc(I)c1OCc1ccccc1Cl. The Labute approximate surface area is 199 Å². The highest BCUT2D eigenvalue weighted by molar-refractivity contribution is 14.1. The number of carbonyl (C=O) groups excluding carboxylic acids is 1. The second kappa shape index (κ2) is 11.0. The maximum Gasteiger partial charge on any atom is 0.273 e. The third-order valence-electron chi connectivity index (χ3n) is 4.25. The van der Waals surface area contributed by atoms with Crippen LogP contribution < -0.4 is 20.6 Å². The van der Waals surface area contributed by atoms with E-state index in [1.807, 2.05) is 37.3 Å². The third kappa shape index (κ3) is 6.11. The van der Waals surface area contributed by atoms with Gasteiger partial charge >= 0.3 is 0 Å². The molecule has 0 fully saturated rings. The quantitative estimate of drug-likeness (QED) is 0.174. The standard InChI is InChI=1S/C23H21ClIN3O3/c1-2-30-21-12-15(13-27-28-23(29)17-8-4-6-10-20(17)26)11-19(25)22(21)31-14-16-7-3-5-9-18(16)24/h3-13H,2,14,26H2,1H3,(H,28,29)/b27-13+. The minimum atomic E-state index is -0.381. The molecule has 160 valence electrons. The summed E-state index contributed by atoms with van der Waals surface area (Å²) in [5.41, 5.74) is 10.7. The predicted octanol–water partition coefficient (Wildman–Crippen LogP) is 5.27. The molecule has 0 saturated heterocycles. The summed E-state index contributed by atoms with van der Waals surface area (Å²) in [6, 6.07) is 18.0. The van der Waals surface area contributed by atoms with Crippen molar-refractivity contribution in [2.24, 2.45) is 5.10 Å². The summed E-state index contributed by atoms with van der Waals surface area (Å²) < 4.78 is 12.6. The van der Waals surface area contributed by atoms with Crippen molar-refractivity contribution in [2.45, 2.75) is 13.5 Å². The zero-order valence-electron chi connectivity index (χ0n) is 16.8. The summed E-state index contributed by atoms with van der Waals surface area (Å²) in [5.74, 6) is 0.830. The van der Waals surface area contributed by atoms with Crippen molar-refractivity contribution < 1.29 is 14.3 Å². The van der Waals surface area contributed by atoms with Gasteiger partial charge in [-0.1, -0.05) is 41.9 Å². The van der Waals surface area contributed by atoms with E-state index < -0.39 is 0 Å². The Hall–Kier alpha value is -2.78. The Morgan fingerprint density at radius 1 is 1.16 bits per heavy atom. The van der Waals surface area contributed by atoms with Crippen molar-refractivity contribution in [3.05, 3.63) is 85.9 Å². The number of amides is 1. The Bertz CT molecular complexity index is 1110. The largest absolute Gasteiger partial charge is 0.490 e. The molecule has 0 aromatic heterocycles. The van der Waals surface area contributed by atoms with E-state index >= 15 is 0 Å². The second-order valence-corrected chi connectivity index (χ2v) is 8.00. The summed E-state index contributed by atoms with van der Waals surface area (Å²) in [6.07, 6.45) is 1.54. The van der Waals surface area contributed by atoms with Crippen LogP contribution in [0.3, 0.4) is 0 Å². The van der Waals surface area contributed by atoms with Crippen molar-refractivity contribution in [1.29, 1.82) is 0 Å². The molecule has 0 unspecified atom stereocenters. The average molecular weight is 550 g/mol. The smallest absolute Gasteiger partial charge is 0.273 e. The number of nitrogens with two attached hydrogens (primary N) is 1. The van der Waals surface area contributed by atoms with Crippen LogP contribution in [0.2, 0.25) is 5.02 Å². The first-order chi connectivity index (χ1) is 15.0. The number of nitrogen functional groups attached to an aromatic ring is 1. The van der Waals surface area contributed by atoms with Crippen LogP contribution in [0.4, 0.5) is 5.69 Å². The van der Waals surface area contributed by atoms with Crippen LogP contribution >= 0.6 is 34.2 Å². The lowest BCUT2D eigenvalue weighted by atomic mass is 10.2. The Morgan fingerprint density at radius 3 is 2.65 bits per heavy atom. The summed E-state index contributed by atoms with van der Waals surface area (Å²) in [4.78, 5) is 12.2. The molecule has 0 atom stereocenters. The van der Waals surface area contributed by atoms with Gasteiger partial charge in [0.05, 0.1) is 22.0 Å². The van der Waals surface area contributed by atoms with Gasteiger partial charge < -0.3 is 15.2 Å². The van der Waals surface area contributed by atoms with Crippen LogP contribution in [0.1, 0.15) is 28.4 Å². The highest BCUT2D eigenvalue weighted by Crippen LogP contribution is 2.35.